The van der Waals surface area contributed by atoms with E-state index in [1.807, 2.05) is 0 Å². The first-order valence-electron chi connectivity index (χ1n) is 5.30. The van der Waals surface area contributed by atoms with Crippen LogP contribution in [0.3, 0.4) is 0 Å². The Bertz CT molecular complexity index is 390. The molecule has 0 saturated carbocycles. The van der Waals surface area contributed by atoms with Crippen molar-refractivity contribution in [3.63, 3.8) is 0 Å². The second-order valence-electron chi connectivity index (χ2n) is 3.45. The Balaban J connectivity index is 2.73. The lowest BCUT2D eigenvalue weighted by Gasteiger charge is -2.13. The number of hydrogen-bond acceptors (Lipinski definition) is 4. The summed E-state index contributed by atoms with van der Waals surface area (Å²) in [5.41, 5.74) is 0.628. The molecule has 0 aliphatic heterocycles. The maximum atomic E-state index is 11.1. The molecule has 94 valence electrons. The minimum absolute atomic E-state index is 0.158. The van der Waals surface area contributed by atoms with Crippen molar-refractivity contribution in [3.05, 3.63) is 28.2 Å². The first kappa shape index (κ1) is 14.0. The van der Waals surface area contributed by atoms with Crippen molar-refractivity contribution in [1.82, 2.24) is 0 Å². The van der Waals surface area contributed by atoms with Crippen LogP contribution in [0.15, 0.2) is 22.7 Å². The van der Waals surface area contributed by atoms with E-state index in [2.05, 4.69) is 15.9 Å². The smallest absolute Gasteiger partial charge is 0.344 e. The van der Waals surface area contributed by atoms with Gasteiger partial charge in [-0.3, -0.25) is 0 Å². The molecule has 0 heterocycles. The standard InChI is InChI=1S/C12H15BrO4/c1-3-16-12(15)7-17-11-5-4-9(13)6-10(11)8(2)14/h4-6,8,14H,3,7H2,1-2H3/t8-/m0/s1. The molecule has 0 aliphatic carbocycles. The zero-order valence-corrected chi connectivity index (χ0v) is 11.4. The minimum atomic E-state index is -0.662. The third-order valence-electron chi connectivity index (χ3n) is 2.07. The van der Waals surface area contributed by atoms with Crippen LogP contribution in [0.2, 0.25) is 0 Å². The average Bonchev–Trinajstić information content (AvgIpc) is 2.27. The van der Waals surface area contributed by atoms with Gasteiger partial charge in [0.15, 0.2) is 6.61 Å². The second-order valence-corrected chi connectivity index (χ2v) is 4.37. The summed E-state index contributed by atoms with van der Waals surface area (Å²) in [6.07, 6.45) is -0.662. The molecule has 0 saturated heterocycles. The van der Waals surface area contributed by atoms with Crippen molar-refractivity contribution in [3.8, 4) is 5.75 Å². The molecule has 1 rings (SSSR count). The van der Waals surface area contributed by atoms with Gasteiger partial charge in [0.25, 0.3) is 0 Å². The molecule has 0 aliphatic rings. The molecule has 17 heavy (non-hydrogen) atoms. The van der Waals surface area contributed by atoms with Crippen molar-refractivity contribution in [2.45, 2.75) is 20.0 Å². The Kier molecular flexibility index (Phi) is 5.44. The summed E-state index contributed by atoms with van der Waals surface area (Å²) >= 11 is 3.31. The van der Waals surface area contributed by atoms with Gasteiger partial charge in [-0.2, -0.15) is 0 Å². The van der Waals surface area contributed by atoms with E-state index in [4.69, 9.17) is 9.47 Å². The average molecular weight is 303 g/mol. The lowest BCUT2D eigenvalue weighted by atomic mass is 10.1. The highest BCUT2D eigenvalue weighted by molar-refractivity contribution is 9.10. The van der Waals surface area contributed by atoms with E-state index in [-0.39, 0.29) is 6.61 Å². The molecule has 1 aromatic rings. The van der Waals surface area contributed by atoms with Crippen molar-refractivity contribution >= 4 is 21.9 Å². The minimum Gasteiger partial charge on any atom is -0.482 e. The van der Waals surface area contributed by atoms with Gasteiger partial charge in [-0.15, -0.1) is 0 Å². The SMILES string of the molecule is CCOC(=O)COc1ccc(Br)cc1[C@H](C)O. The zero-order valence-electron chi connectivity index (χ0n) is 9.77. The summed E-state index contributed by atoms with van der Waals surface area (Å²) in [6.45, 7) is 3.54. The summed E-state index contributed by atoms with van der Waals surface area (Å²) in [4.78, 5) is 11.1. The zero-order chi connectivity index (χ0) is 12.8. The summed E-state index contributed by atoms with van der Waals surface area (Å²) in [5.74, 6) is 0.0585. The molecule has 5 heteroatoms. The van der Waals surface area contributed by atoms with Gasteiger partial charge in [-0.05, 0) is 32.0 Å². The number of esters is 1. The summed E-state index contributed by atoms with van der Waals surface area (Å²) in [7, 11) is 0. The van der Waals surface area contributed by atoms with Crippen molar-refractivity contribution in [2.75, 3.05) is 13.2 Å². The Morgan fingerprint density at radius 3 is 2.82 bits per heavy atom. The maximum absolute atomic E-state index is 11.1. The van der Waals surface area contributed by atoms with Crippen LogP contribution in [-0.4, -0.2) is 24.3 Å². The van der Waals surface area contributed by atoms with Crippen LogP contribution in [0.4, 0.5) is 0 Å². The predicted octanol–water partition coefficient (Wildman–Crippen LogP) is 2.44. The number of ether oxygens (including phenoxy) is 2. The molecule has 0 unspecified atom stereocenters. The van der Waals surface area contributed by atoms with Crippen LogP contribution in [0.25, 0.3) is 0 Å². The lowest BCUT2D eigenvalue weighted by Crippen LogP contribution is -2.15. The molecule has 4 nitrogen and oxygen atoms in total. The molecule has 0 bridgehead atoms. The molecule has 1 atom stereocenters. The Labute approximate surface area is 109 Å². The third-order valence-corrected chi connectivity index (χ3v) is 2.57. The third kappa shape index (κ3) is 4.36. The first-order chi connectivity index (χ1) is 8.04. The number of carbonyl (C=O) groups is 1. The summed E-state index contributed by atoms with van der Waals surface area (Å²) in [6, 6.07) is 5.24. The molecule has 0 fully saturated rings. The van der Waals surface area contributed by atoms with Crippen molar-refractivity contribution in [1.29, 1.82) is 0 Å². The molecule has 1 N–H and O–H groups in total. The number of rotatable bonds is 5. The predicted molar refractivity (Wildman–Crippen MR) is 66.9 cm³/mol. The second kappa shape index (κ2) is 6.61. The lowest BCUT2D eigenvalue weighted by molar-refractivity contribution is -0.145. The molecule has 0 aromatic heterocycles. The monoisotopic (exact) mass is 302 g/mol. The summed E-state index contributed by atoms with van der Waals surface area (Å²) < 4.78 is 10.9. The van der Waals surface area contributed by atoms with Crippen LogP contribution >= 0.6 is 15.9 Å². The normalized spacial score (nSPS) is 12.0. The number of halogens is 1. The topological polar surface area (TPSA) is 55.8 Å². The Hall–Kier alpha value is -1.07. The largest absolute Gasteiger partial charge is 0.482 e. The van der Waals surface area contributed by atoms with Crippen LogP contribution < -0.4 is 4.74 Å². The van der Waals surface area contributed by atoms with Crippen molar-refractivity contribution < 1.29 is 19.4 Å². The van der Waals surface area contributed by atoms with Crippen LogP contribution in [-0.2, 0) is 9.53 Å². The van der Waals surface area contributed by atoms with Gasteiger partial charge in [-0.25, -0.2) is 4.79 Å². The van der Waals surface area contributed by atoms with Gasteiger partial charge < -0.3 is 14.6 Å². The van der Waals surface area contributed by atoms with E-state index < -0.39 is 12.1 Å². The highest BCUT2D eigenvalue weighted by Crippen LogP contribution is 2.28. The van der Waals surface area contributed by atoms with Crippen LogP contribution in [0, 0.1) is 0 Å². The highest BCUT2D eigenvalue weighted by atomic mass is 79.9. The number of benzene rings is 1. The number of aliphatic hydroxyl groups is 1. The molecule has 1 aromatic carbocycles. The van der Waals surface area contributed by atoms with E-state index >= 15 is 0 Å². The van der Waals surface area contributed by atoms with Gasteiger partial charge in [0.2, 0.25) is 0 Å². The fraction of sp³-hybridized carbons (Fsp3) is 0.417. The quantitative estimate of drug-likeness (QED) is 0.849. The van der Waals surface area contributed by atoms with Gasteiger partial charge in [-0.1, -0.05) is 15.9 Å². The molecule has 0 radical (unpaired) electrons. The van der Waals surface area contributed by atoms with E-state index in [1.165, 1.54) is 0 Å². The van der Waals surface area contributed by atoms with Gasteiger partial charge in [0.05, 0.1) is 12.7 Å². The fourth-order valence-electron chi connectivity index (χ4n) is 1.32. The van der Waals surface area contributed by atoms with Crippen LogP contribution in [0.5, 0.6) is 5.75 Å². The van der Waals surface area contributed by atoms with E-state index in [0.29, 0.717) is 17.9 Å². The summed E-state index contributed by atoms with van der Waals surface area (Å²) in [5, 5.41) is 9.58. The van der Waals surface area contributed by atoms with Gasteiger partial charge in [0, 0.05) is 10.0 Å². The number of aliphatic hydroxyl groups excluding tert-OH is 1. The molecular weight excluding hydrogens is 288 g/mol. The van der Waals surface area contributed by atoms with Gasteiger partial charge in [0.1, 0.15) is 5.75 Å². The number of hydrogen-bond donors (Lipinski definition) is 1. The maximum Gasteiger partial charge on any atom is 0.344 e. The van der Waals surface area contributed by atoms with Crippen LogP contribution in [0.1, 0.15) is 25.5 Å². The van der Waals surface area contributed by atoms with E-state index in [0.717, 1.165) is 4.47 Å². The number of carbonyl (C=O) groups excluding carboxylic acids is 1. The molecular formula is C12H15BrO4. The first-order valence-corrected chi connectivity index (χ1v) is 6.09. The Morgan fingerprint density at radius 1 is 1.53 bits per heavy atom. The van der Waals surface area contributed by atoms with Crippen molar-refractivity contribution in [2.24, 2.45) is 0 Å². The molecule has 0 amide bonds. The van der Waals surface area contributed by atoms with E-state index in [1.54, 1.807) is 32.0 Å². The highest BCUT2D eigenvalue weighted by Gasteiger charge is 2.11. The van der Waals surface area contributed by atoms with E-state index in [9.17, 15) is 9.90 Å². The Morgan fingerprint density at radius 2 is 2.24 bits per heavy atom. The van der Waals surface area contributed by atoms with Gasteiger partial charge >= 0.3 is 5.97 Å². The fourth-order valence-corrected chi connectivity index (χ4v) is 1.70. The molecule has 0 spiro atoms.